The molecule has 1 aromatic rings. The Morgan fingerprint density at radius 3 is 2.80 bits per heavy atom. The third-order valence-corrected chi connectivity index (χ3v) is 3.70. The van der Waals surface area contributed by atoms with Gasteiger partial charge in [0.1, 0.15) is 0 Å². The first-order valence-electron chi connectivity index (χ1n) is 2.92. The smallest absolute Gasteiger partial charge is 0.153 e. The molecule has 2 rings (SSSR count). The summed E-state index contributed by atoms with van der Waals surface area (Å²) in [6.07, 6.45) is 4.15. The minimum absolute atomic E-state index is 0.196. The van der Waals surface area contributed by atoms with Gasteiger partial charge in [-0.2, -0.15) is 10.9 Å². The second kappa shape index (κ2) is 2.60. The van der Waals surface area contributed by atoms with Crippen LogP contribution in [0.4, 0.5) is 0 Å². The van der Waals surface area contributed by atoms with Crippen LogP contribution in [0.25, 0.3) is 0 Å². The molecule has 3 heteroatoms. The minimum Gasteiger partial charge on any atom is -0.228 e. The molecule has 0 saturated heterocycles. The molecule has 0 fully saturated rings. The Hall–Kier alpha value is -0.540. The van der Waals surface area contributed by atoms with Crippen molar-refractivity contribution in [3.8, 4) is 0 Å². The van der Waals surface area contributed by atoms with Crippen molar-refractivity contribution >= 4 is 22.2 Å². The van der Waals surface area contributed by atoms with Gasteiger partial charge in [0, 0.05) is 5.38 Å². The third-order valence-electron chi connectivity index (χ3n) is 1.25. The molecule has 0 saturated carbocycles. The predicted octanol–water partition coefficient (Wildman–Crippen LogP) is 2.34. The summed E-state index contributed by atoms with van der Waals surface area (Å²) in [7, 11) is -0.196. The predicted molar refractivity (Wildman–Crippen MR) is 46.5 cm³/mol. The largest absolute Gasteiger partial charge is 0.228 e. The van der Waals surface area contributed by atoms with Crippen LogP contribution >= 0.6 is 22.2 Å². The first-order valence-corrected chi connectivity index (χ1v) is 5.28. The van der Waals surface area contributed by atoms with Crippen molar-refractivity contribution in [1.29, 1.82) is 0 Å². The molecule has 0 aromatic carbocycles. The molecule has 1 radical (unpaired) electrons. The van der Waals surface area contributed by atoms with Crippen molar-refractivity contribution in [3.63, 3.8) is 0 Å². The zero-order valence-corrected chi connectivity index (χ0v) is 6.90. The number of nitrogens with zero attached hydrogens (tertiary/aromatic N) is 1. The Labute approximate surface area is 66.5 Å². The van der Waals surface area contributed by atoms with E-state index in [0.717, 1.165) is 0 Å². The summed E-state index contributed by atoms with van der Waals surface area (Å²) < 4.78 is 0. The molecule has 51 valence electrons. The molecule has 0 bridgehead atoms. The van der Waals surface area contributed by atoms with Crippen molar-refractivity contribution < 1.29 is 0 Å². The van der Waals surface area contributed by atoms with E-state index in [1.165, 1.54) is 16.4 Å². The normalized spacial score (nSPS) is 18.6. The van der Waals surface area contributed by atoms with Crippen LogP contribution in [0.2, 0.25) is 0 Å². The van der Waals surface area contributed by atoms with Crippen LogP contribution < -0.4 is 0 Å². The van der Waals surface area contributed by atoms with Gasteiger partial charge in [-0.1, -0.05) is 12.2 Å². The molecule has 1 aromatic heterocycles. The summed E-state index contributed by atoms with van der Waals surface area (Å²) in [4.78, 5) is 4.12. The molecule has 1 aliphatic heterocycles. The molecular weight excluding hydrogens is 162 g/mol. The fourth-order valence-electron chi connectivity index (χ4n) is 0.784. The van der Waals surface area contributed by atoms with E-state index in [1.807, 2.05) is 0 Å². The Kier molecular flexibility index (Phi) is 1.61. The van der Waals surface area contributed by atoms with Gasteiger partial charge in [-0.15, -0.1) is 11.3 Å². The van der Waals surface area contributed by atoms with Crippen LogP contribution in [0.3, 0.4) is 0 Å². The SMILES string of the molecule is [c]1nc([SH]2C=CC=C2)cs1. The van der Waals surface area contributed by atoms with Gasteiger partial charge >= 0.3 is 0 Å². The van der Waals surface area contributed by atoms with Gasteiger partial charge in [0.2, 0.25) is 0 Å². The van der Waals surface area contributed by atoms with Gasteiger partial charge in [-0.25, -0.2) is 4.98 Å². The number of thiazole rings is 1. The van der Waals surface area contributed by atoms with Gasteiger partial charge in [0.25, 0.3) is 0 Å². The van der Waals surface area contributed by atoms with E-state index in [9.17, 15) is 0 Å². The van der Waals surface area contributed by atoms with Crippen LogP contribution in [0.1, 0.15) is 0 Å². The van der Waals surface area contributed by atoms with E-state index in [2.05, 4.69) is 38.8 Å². The average Bonchev–Trinajstić information content (AvgIpc) is 2.59. The molecule has 0 spiro atoms. The average molecular weight is 168 g/mol. The minimum atomic E-state index is -0.196. The molecule has 2 heterocycles. The molecule has 0 amide bonds. The van der Waals surface area contributed by atoms with Gasteiger partial charge in [0.05, 0.1) is 5.03 Å². The van der Waals surface area contributed by atoms with Crippen molar-refractivity contribution in [3.05, 3.63) is 33.9 Å². The summed E-state index contributed by atoms with van der Waals surface area (Å²) >= 11 is 1.54. The molecular formula is C7H6NS2. The highest BCUT2D eigenvalue weighted by Crippen LogP contribution is 2.40. The van der Waals surface area contributed by atoms with Crippen molar-refractivity contribution in [2.45, 2.75) is 5.03 Å². The summed E-state index contributed by atoms with van der Waals surface area (Å²) in [6, 6.07) is 0. The van der Waals surface area contributed by atoms with Crippen LogP contribution in [-0.4, -0.2) is 4.98 Å². The van der Waals surface area contributed by atoms with E-state index >= 15 is 0 Å². The van der Waals surface area contributed by atoms with Gasteiger partial charge in [-0.05, 0) is 10.8 Å². The van der Waals surface area contributed by atoms with E-state index in [4.69, 9.17) is 0 Å². The summed E-state index contributed by atoms with van der Waals surface area (Å²) in [5.41, 5.74) is 2.85. The summed E-state index contributed by atoms with van der Waals surface area (Å²) in [5.74, 6) is 0. The van der Waals surface area contributed by atoms with Crippen molar-refractivity contribution in [1.82, 2.24) is 4.98 Å². The van der Waals surface area contributed by atoms with Gasteiger partial charge < -0.3 is 0 Å². The summed E-state index contributed by atoms with van der Waals surface area (Å²) in [6.45, 7) is 0. The lowest BCUT2D eigenvalue weighted by atomic mass is 10.6. The highest BCUT2D eigenvalue weighted by molar-refractivity contribution is 8.22. The second-order valence-corrected chi connectivity index (χ2v) is 4.41. The Morgan fingerprint density at radius 2 is 2.20 bits per heavy atom. The second-order valence-electron chi connectivity index (χ2n) is 1.89. The number of allylic oxidation sites excluding steroid dienone is 2. The van der Waals surface area contributed by atoms with Crippen LogP contribution in [-0.2, 0) is 0 Å². The zero-order valence-electron chi connectivity index (χ0n) is 5.19. The maximum atomic E-state index is 4.12. The number of aromatic nitrogens is 1. The zero-order chi connectivity index (χ0) is 6.81. The fourth-order valence-corrected chi connectivity index (χ4v) is 3.00. The molecule has 0 unspecified atom stereocenters. The Bertz CT molecular complexity index is 249. The number of hydrogen-bond acceptors (Lipinski definition) is 2. The van der Waals surface area contributed by atoms with E-state index in [-0.39, 0.29) is 10.9 Å². The molecule has 0 atom stereocenters. The number of thiol groups is 1. The number of rotatable bonds is 1. The lowest BCUT2D eigenvalue weighted by molar-refractivity contribution is 1.20. The Balaban J connectivity index is 2.29. The van der Waals surface area contributed by atoms with Crippen LogP contribution in [0.5, 0.6) is 0 Å². The van der Waals surface area contributed by atoms with Crippen LogP contribution in [0, 0.1) is 5.51 Å². The maximum Gasteiger partial charge on any atom is 0.153 e. The van der Waals surface area contributed by atoms with E-state index in [0.29, 0.717) is 0 Å². The van der Waals surface area contributed by atoms with Gasteiger partial charge in [0.15, 0.2) is 5.51 Å². The lowest BCUT2D eigenvalue weighted by Crippen LogP contribution is -1.70. The van der Waals surface area contributed by atoms with Crippen molar-refractivity contribution in [2.75, 3.05) is 0 Å². The highest BCUT2D eigenvalue weighted by Gasteiger charge is 2.03. The highest BCUT2D eigenvalue weighted by atomic mass is 32.2. The Morgan fingerprint density at radius 1 is 1.40 bits per heavy atom. The monoisotopic (exact) mass is 168 g/mol. The molecule has 0 aliphatic carbocycles. The lowest BCUT2D eigenvalue weighted by Gasteiger charge is -2.02. The fraction of sp³-hybridized carbons (Fsp3) is 0. The van der Waals surface area contributed by atoms with Gasteiger partial charge in [-0.3, -0.25) is 0 Å². The first kappa shape index (κ1) is 6.19. The third kappa shape index (κ3) is 1.02. The maximum absolute atomic E-state index is 4.12. The summed E-state index contributed by atoms with van der Waals surface area (Å²) in [5, 5.41) is 7.62. The van der Waals surface area contributed by atoms with E-state index in [1.54, 1.807) is 0 Å². The van der Waals surface area contributed by atoms with Crippen LogP contribution in [0.15, 0.2) is 33.4 Å². The topological polar surface area (TPSA) is 12.9 Å². The molecule has 10 heavy (non-hydrogen) atoms. The molecule has 1 aliphatic rings. The standard InChI is InChI=1S/C7H6NS2/c1-2-4-10(3-1)7-5-9-6-8-7/h1-5,10H. The molecule has 0 N–H and O–H groups in total. The number of hydrogen-bond donors (Lipinski definition) is 1. The first-order chi connectivity index (χ1) is 4.97. The van der Waals surface area contributed by atoms with Crippen molar-refractivity contribution in [2.24, 2.45) is 0 Å². The molecule has 1 nitrogen and oxygen atoms in total. The van der Waals surface area contributed by atoms with E-state index < -0.39 is 0 Å². The quantitative estimate of drug-likeness (QED) is 0.635.